The third-order valence-electron chi connectivity index (χ3n) is 2.82. The Morgan fingerprint density at radius 1 is 1.27 bits per heavy atom. The first-order valence-electron chi connectivity index (χ1n) is 6.91. The zero-order valence-electron chi connectivity index (χ0n) is 12.4. The Kier molecular flexibility index (Phi) is 6.63. The SMILES string of the molecule is COc1cc(NC(=O)CCSCCc2ccccn2)ncn1. The summed E-state index contributed by atoms with van der Waals surface area (Å²) < 4.78 is 4.98. The highest BCUT2D eigenvalue weighted by Gasteiger charge is 2.05. The lowest BCUT2D eigenvalue weighted by atomic mass is 10.3. The van der Waals surface area contributed by atoms with E-state index in [4.69, 9.17) is 4.74 Å². The van der Waals surface area contributed by atoms with Gasteiger partial charge in [-0.2, -0.15) is 11.8 Å². The van der Waals surface area contributed by atoms with Crippen LogP contribution in [0, 0.1) is 0 Å². The topological polar surface area (TPSA) is 77.0 Å². The molecule has 7 heteroatoms. The van der Waals surface area contributed by atoms with Crippen LogP contribution in [0.4, 0.5) is 5.82 Å². The summed E-state index contributed by atoms with van der Waals surface area (Å²) in [5.74, 6) is 2.53. The number of carbonyl (C=O) groups excluding carboxylic acids is 1. The van der Waals surface area contributed by atoms with Gasteiger partial charge in [-0.25, -0.2) is 9.97 Å². The Labute approximate surface area is 133 Å². The van der Waals surface area contributed by atoms with Crippen molar-refractivity contribution in [2.75, 3.05) is 23.9 Å². The van der Waals surface area contributed by atoms with Gasteiger partial charge in [0.15, 0.2) is 0 Å². The van der Waals surface area contributed by atoms with Gasteiger partial charge in [-0.15, -0.1) is 0 Å². The number of nitrogens with one attached hydrogen (secondary N) is 1. The molecule has 116 valence electrons. The molecule has 1 amide bonds. The van der Waals surface area contributed by atoms with Crippen molar-refractivity contribution in [3.05, 3.63) is 42.5 Å². The van der Waals surface area contributed by atoms with Gasteiger partial charge in [-0.3, -0.25) is 9.78 Å². The standard InChI is InChI=1S/C15H18N4O2S/c1-21-15-10-13(17-11-18-15)19-14(20)6-9-22-8-5-12-4-2-3-7-16-12/h2-4,7,10-11H,5-6,8-9H2,1H3,(H,17,18,19,20). The Morgan fingerprint density at radius 2 is 2.18 bits per heavy atom. The van der Waals surface area contributed by atoms with Gasteiger partial charge < -0.3 is 10.1 Å². The second-order valence-corrected chi connectivity index (χ2v) is 5.65. The Balaban J connectivity index is 1.63. The van der Waals surface area contributed by atoms with Gasteiger partial charge in [0.2, 0.25) is 11.8 Å². The van der Waals surface area contributed by atoms with Crippen LogP contribution >= 0.6 is 11.8 Å². The van der Waals surface area contributed by atoms with Crippen molar-refractivity contribution in [2.45, 2.75) is 12.8 Å². The molecule has 0 bridgehead atoms. The number of pyridine rings is 1. The summed E-state index contributed by atoms with van der Waals surface area (Å²) in [5.41, 5.74) is 1.08. The highest BCUT2D eigenvalue weighted by Crippen LogP contribution is 2.11. The highest BCUT2D eigenvalue weighted by molar-refractivity contribution is 7.99. The number of ether oxygens (including phenoxy) is 1. The molecule has 1 N–H and O–H groups in total. The van der Waals surface area contributed by atoms with E-state index in [1.165, 1.54) is 13.4 Å². The summed E-state index contributed by atoms with van der Waals surface area (Å²) >= 11 is 1.74. The van der Waals surface area contributed by atoms with Crippen LogP contribution in [0.3, 0.4) is 0 Å². The van der Waals surface area contributed by atoms with Crippen LogP contribution in [-0.4, -0.2) is 39.5 Å². The minimum Gasteiger partial charge on any atom is -0.481 e. The summed E-state index contributed by atoms with van der Waals surface area (Å²) in [6, 6.07) is 7.49. The normalized spacial score (nSPS) is 10.2. The van der Waals surface area contributed by atoms with Crippen LogP contribution in [0.5, 0.6) is 5.88 Å². The second-order valence-electron chi connectivity index (χ2n) is 4.43. The van der Waals surface area contributed by atoms with E-state index in [1.54, 1.807) is 24.0 Å². The lowest BCUT2D eigenvalue weighted by Crippen LogP contribution is -2.13. The molecule has 2 rings (SSSR count). The quantitative estimate of drug-likeness (QED) is 0.752. The van der Waals surface area contributed by atoms with Crippen molar-refractivity contribution >= 4 is 23.5 Å². The van der Waals surface area contributed by atoms with Crippen molar-refractivity contribution in [1.29, 1.82) is 0 Å². The number of anilines is 1. The van der Waals surface area contributed by atoms with Crippen molar-refractivity contribution in [1.82, 2.24) is 15.0 Å². The van der Waals surface area contributed by atoms with Gasteiger partial charge in [0.1, 0.15) is 12.1 Å². The van der Waals surface area contributed by atoms with Crippen molar-refractivity contribution in [3.63, 3.8) is 0 Å². The number of rotatable bonds is 8. The molecule has 0 aliphatic heterocycles. The van der Waals surface area contributed by atoms with Crippen molar-refractivity contribution < 1.29 is 9.53 Å². The lowest BCUT2D eigenvalue weighted by molar-refractivity contribution is -0.115. The van der Waals surface area contributed by atoms with Crippen LogP contribution < -0.4 is 10.1 Å². The number of nitrogens with zero attached hydrogens (tertiary/aromatic N) is 3. The van der Waals surface area contributed by atoms with Crippen molar-refractivity contribution in [2.24, 2.45) is 0 Å². The molecule has 0 atom stereocenters. The zero-order valence-corrected chi connectivity index (χ0v) is 13.2. The number of thioether (sulfide) groups is 1. The zero-order chi connectivity index (χ0) is 15.6. The number of aryl methyl sites for hydroxylation is 1. The molecule has 22 heavy (non-hydrogen) atoms. The van der Waals surface area contributed by atoms with E-state index in [9.17, 15) is 4.79 Å². The molecule has 0 unspecified atom stereocenters. The Hall–Kier alpha value is -2.15. The molecular formula is C15H18N4O2S. The maximum Gasteiger partial charge on any atom is 0.226 e. The van der Waals surface area contributed by atoms with Gasteiger partial charge in [0.25, 0.3) is 0 Å². The second kappa shape index (κ2) is 8.99. The minimum atomic E-state index is -0.0638. The summed E-state index contributed by atoms with van der Waals surface area (Å²) in [6.07, 6.45) is 4.51. The number of hydrogen-bond donors (Lipinski definition) is 1. The fraction of sp³-hybridized carbons (Fsp3) is 0.333. The van der Waals surface area contributed by atoms with Gasteiger partial charge in [-0.1, -0.05) is 6.07 Å². The first-order chi connectivity index (χ1) is 10.8. The summed E-state index contributed by atoms with van der Waals surface area (Å²) in [4.78, 5) is 23.9. The third kappa shape index (κ3) is 5.69. The molecule has 0 saturated heterocycles. The summed E-state index contributed by atoms with van der Waals surface area (Å²) in [6.45, 7) is 0. The minimum absolute atomic E-state index is 0.0638. The van der Waals surface area contributed by atoms with E-state index in [1.807, 2.05) is 18.2 Å². The Morgan fingerprint density at radius 3 is 2.95 bits per heavy atom. The van der Waals surface area contributed by atoms with E-state index in [2.05, 4.69) is 20.3 Å². The Bertz CT molecular complexity index is 595. The first-order valence-corrected chi connectivity index (χ1v) is 8.07. The fourth-order valence-electron chi connectivity index (χ4n) is 1.71. The van der Waals surface area contributed by atoms with Crippen LogP contribution in [0.1, 0.15) is 12.1 Å². The van der Waals surface area contributed by atoms with Gasteiger partial charge >= 0.3 is 0 Å². The maximum atomic E-state index is 11.8. The maximum absolute atomic E-state index is 11.8. The van der Waals surface area contributed by atoms with E-state index < -0.39 is 0 Å². The largest absolute Gasteiger partial charge is 0.481 e. The molecule has 6 nitrogen and oxygen atoms in total. The molecule has 0 aliphatic rings. The molecular weight excluding hydrogens is 300 g/mol. The molecule has 0 saturated carbocycles. The van der Waals surface area contributed by atoms with Gasteiger partial charge in [-0.05, 0) is 24.3 Å². The summed E-state index contributed by atoms with van der Waals surface area (Å²) in [7, 11) is 1.52. The molecule has 0 aromatic carbocycles. The van der Waals surface area contributed by atoms with E-state index in [0.29, 0.717) is 18.1 Å². The van der Waals surface area contributed by atoms with Gasteiger partial charge in [0, 0.05) is 30.1 Å². The average molecular weight is 318 g/mol. The number of methoxy groups -OCH3 is 1. The number of carbonyl (C=O) groups is 1. The molecule has 0 spiro atoms. The van der Waals surface area contributed by atoms with Crippen LogP contribution in [0.15, 0.2) is 36.8 Å². The number of aromatic nitrogens is 3. The highest BCUT2D eigenvalue weighted by atomic mass is 32.2. The smallest absolute Gasteiger partial charge is 0.226 e. The predicted molar refractivity (Wildman–Crippen MR) is 87.1 cm³/mol. The average Bonchev–Trinajstić information content (AvgIpc) is 2.55. The number of amides is 1. The first kappa shape index (κ1) is 16.2. The van der Waals surface area contributed by atoms with Crippen LogP contribution in [0.2, 0.25) is 0 Å². The van der Waals surface area contributed by atoms with Gasteiger partial charge in [0.05, 0.1) is 7.11 Å². The molecule has 0 fully saturated rings. The third-order valence-corrected chi connectivity index (χ3v) is 3.81. The fourth-order valence-corrected chi connectivity index (χ4v) is 2.60. The molecule has 0 aliphatic carbocycles. The van der Waals surface area contributed by atoms with E-state index >= 15 is 0 Å². The monoisotopic (exact) mass is 318 g/mol. The molecule has 2 aromatic heterocycles. The molecule has 0 radical (unpaired) electrons. The molecule has 2 heterocycles. The predicted octanol–water partition coefficient (Wildman–Crippen LogP) is 2.18. The lowest BCUT2D eigenvalue weighted by Gasteiger charge is -2.05. The molecule has 2 aromatic rings. The van der Waals surface area contributed by atoms with Crippen LogP contribution in [-0.2, 0) is 11.2 Å². The van der Waals surface area contributed by atoms with Crippen LogP contribution in [0.25, 0.3) is 0 Å². The summed E-state index contributed by atoms with van der Waals surface area (Å²) in [5, 5.41) is 2.73. The number of hydrogen-bond acceptors (Lipinski definition) is 6. The van der Waals surface area contributed by atoms with E-state index in [0.717, 1.165) is 23.6 Å². The van der Waals surface area contributed by atoms with E-state index in [-0.39, 0.29) is 5.91 Å². The van der Waals surface area contributed by atoms with Crippen molar-refractivity contribution in [3.8, 4) is 5.88 Å².